The van der Waals surface area contributed by atoms with Crippen molar-refractivity contribution in [1.29, 1.82) is 0 Å². The summed E-state index contributed by atoms with van der Waals surface area (Å²) in [5.41, 5.74) is 2.38. The maximum Gasteiger partial charge on any atom is 0.0637 e. The molecule has 1 fully saturated rings. The van der Waals surface area contributed by atoms with E-state index in [2.05, 4.69) is 46.0 Å². The zero-order valence-corrected chi connectivity index (χ0v) is 13.9. The lowest BCUT2D eigenvalue weighted by atomic mass is 10.1. The molecule has 1 aliphatic rings. The summed E-state index contributed by atoms with van der Waals surface area (Å²) in [6, 6.07) is 7.01. The molecule has 1 saturated carbocycles. The van der Waals surface area contributed by atoms with Crippen LogP contribution in [0.5, 0.6) is 0 Å². The highest BCUT2D eigenvalue weighted by Gasteiger charge is 2.32. The van der Waals surface area contributed by atoms with Gasteiger partial charge in [0, 0.05) is 35.7 Å². The number of anilines is 1. The highest BCUT2D eigenvalue weighted by atomic mass is 79.9. The molecule has 19 heavy (non-hydrogen) atoms. The molecule has 0 saturated heterocycles. The molecule has 0 bridgehead atoms. The Morgan fingerprint density at radius 3 is 2.74 bits per heavy atom. The summed E-state index contributed by atoms with van der Waals surface area (Å²) in [5, 5.41) is 0. The minimum atomic E-state index is 0.539. The monoisotopic (exact) mass is 345 g/mol. The van der Waals surface area contributed by atoms with Gasteiger partial charge in [0.1, 0.15) is 0 Å². The van der Waals surface area contributed by atoms with Gasteiger partial charge in [-0.25, -0.2) is 0 Å². The Morgan fingerprint density at radius 1 is 1.47 bits per heavy atom. The Bertz CT molecular complexity index is 423. The quantitative estimate of drug-likeness (QED) is 0.677. The molecule has 1 unspecified atom stereocenters. The second-order valence-electron chi connectivity index (χ2n) is 5.17. The van der Waals surface area contributed by atoms with Crippen LogP contribution in [0.2, 0.25) is 0 Å². The first kappa shape index (κ1) is 15.1. The van der Waals surface area contributed by atoms with E-state index < -0.39 is 0 Å². The van der Waals surface area contributed by atoms with E-state index in [1.54, 1.807) is 7.11 Å². The molecule has 4 heteroatoms. The van der Waals surface area contributed by atoms with Crippen molar-refractivity contribution in [2.45, 2.75) is 31.7 Å². The van der Waals surface area contributed by atoms with Gasteiger partial charge in [-0.2, -0.15) is 0 Å². The number of ether oxygens (including phenoxy) is 1. The predicted octanol–water partition coefficient (Wildman–Crippen LogP) is 4.44. The first-order valence-corrected chi connectivity index (χ1v) is 8.10. The van der Waals surface area contributed by atoms with Crippen LogP contribution in [0.15, 0.2) is 22.7 Å². The number of benzene rings is 1. The first-order chi connectivity index (χ1) is 9.17. The number of nitrogens with zero attached hydrogens (tertiary/aromatic N) is 1. The Morgan fingerprint density at radius 2 is 2.21 bits per heavy atom. The lowest BCUT2D eigenvalue weighted by Gasteiger charge is -2.31. The number of halogens is 2. The average molecular weight is 347 g/mol. The first-order valence-electron chi connectivity index (χ1n) is 6.77. The normalized spacial score (nSPS) is 16.4. The largest absolute Gasteiger partial charge is 0.383 e. The molecule has 0 aliphatic heterocycles. The Labute approximate surface area is 129 Å². The van der Waals surface area contributed by atoms with Crippen molar-refractivity contribution in [3.05, 3.63) is 28.2 Å². The number of hydrogen-bond donors (Lipinski definition) is 0. The van der Waals surface area contributed by atoms with E-state index in [0.717, 1.165) is 29.1 Å². The molecule has 0 amide bonds. The van der Waals surface area contributed by atoms with Crippen molar-refractivity contribution in [3.63, 3.8) is 0 Å². The van der Waals surface area contributed by atoms with Crippen molar-refractivity contribution in [1.82, 2.24) is 0 Å². The van der Waals surface area contributed by atoms with Gasteiger partial charge in [0.25, 0.3) is 0 Å². The van der Waals surface area contributed by atoms with Crippen LogP contribution in [-0.2, 0) is 10.6 Å². The Kier molecular flexibility index (Phi) is 5.55. The van der Waals surface area contributed by atoms with Gasteiger partial charge in [0.15, 0.2) is 0 Å². The van der Waals surface area contributed by atoms with Crippen LogP contribution in [0.25, 0.3) is 0 Å². The molecule has 0 aromatic heterocycles. The highest BCUT2D eigenvalue weighted by molar-refractivity contribution is 9.10. The van der Waals surface area contributed by atoms with Crippen molar-refractivity contribution in [3.8, 4) is 0 Å². The van der Waals surface area contributed by atoms with Crippen LogP contribution in [0.3, 0.4) is 0 Å². The average Bonchev–Trinajstić information content (AvgIpc) is 3.23. The van der Waals surface area contributed by atoms with Crippen LogP contribution in [0.4, 0.5) is 5.69 Å². The summed E-state index contributed by atoms with van der Waals surface area (Å²) in [7, 11) is 1.76. The number of methoxy groups -OCH3 is 1. The Hall–Kier alpha value is -0.250. The highest BCUT2D eigenvalue weighted by Crippen LogP contribution is 2.37. The minimum Gasteiger partial charge on any atom is -0.383 e. The third-order valence-corrected chi connectivity index (χ3v) is 4.87. The number of rotatable bonds is 7. The molecule has 2 rings (SSSR count). The number of alkyl halides is 1. The van der Waals surface area contributed by atoms with E-state index in [-0.39, 0.29) is 0 Å². The fourth-order valence-electron chi connectivity index (χ4n) is 2.41. The van der Waals surface area contributed by atoms with Crippen molar-refractivity contribution in [2.24, 2.45) is 5.92 Å². The summed E-state index contributed by atoms with van der Waals surface area (Å²) in [6.07, 6.45) is 2.71. The van der Waals surface area contributed by atoms with Crippen LogP contribution in [0.1, 0.15) is 25.3 Å². The molecule has 106 valence electrons. The fraction of sp³-hybridized carbons (Fsp3) is 0.600. The topological polar surface area (TPSA) is 12.5 Å². The molecule has 0 spiro atoms. The standard InChI is InChI=1S/C15H21BrClNO/c1-11(12-3-4-12)18(7-8-19-2)14-6-5-13(10-17)15(16)9-14/h5-6,9,11-12H,3-4,7-8,10H2,1-2H3. The minimum absolute atomic E-state index is 0.539. The summed E-state index contributed by atoms with van der Waals surface area (Å²) in [5.74, 6) is 1.38. The predicted molar refractivity (Wildman–Crippen MR) is 85.1 cm³/mol. The van der Waals surface area contributed by atoms with Gasteiger partial charge in [-0.05, 0) is 43.4 Å². The van der Waals surface area contributed by atoms with Gasteiger partial charge in [-0.3, -0.25) is 0 Å². The zero-order chi connectivity index (χ0) is 13.8. The van der Waals surface area contributed by atoms with E-state index in [9.17, 15) is 0 Å². The molecule has 1 atom stereocenters. The third kappa shape index (κ3) is 3.87. The van der Waals surface area contributed by atoms with Crippen molar-refractivity contribution < 1.29 is 4.74 Å². The van der Waals surface area contributed by atoms with Crippen LogP contribution >= 0.6 is 27.5 Å². The van der Waals surface area contributed by atoms with Crippen LogP contribution in [-0.4, -0.2) is 26.3 Å². The van der Waals surface area contributed by atoms with Crippen LogP contribution in [0, 0.1) is 5.92 Å². The molecule has 0 heterocycles. The summed E-state index contributed by atoms with van der Waals surface area (Å²) >= 11 is 9.51. The van der Waals surface area contributed by atoms with E-state index in [4.69, 9.17) is 16.3 Å². The zero-order valence-electron chi connectivity index (χ0n) is 11.5. The smallest absolute Gasteiger partial charge is 0.0637 e. The van der Waals surface area contributed by atoms with E-state index in [1.165, 1.54) is 18.5 Å². The molecule has 1 aromatic carbocycles. The third-order valence-electron chi connectivity index (χ3n) is 3.84. The van der Waals surface area contributed by atoms with Crippen molar-refractivity contribution in [2.75, 3.05) is 25.2 Å². The molecule has 1 aromatic rings. The Balaban J connectivity index is 2.18. The summed E-state index contributed by atoms with van der Waals surface area (Å²) < 4.78 is 6.33. The number of hydrogen-bond acceptors (Lipinski definition) is 2. The van der Waals surface area contributed by atoms with Gasteiger partial charge in [0.05, 0.1) is 6.61 Å². The van der Waals surface area contributed by atoms with Gasteiger partial charge < -0.3 is 9.64 Å². The van der Waals surface area contributed by atoms with Gasteiger partial charge >= 0.3 is 0 Å². The van der Waals surface area contributed by atoms with E-state index in [0.29, 0.717) is 11.9 Å². The van der Waals surface area contributed by atoms with Gasteiger partial charge in [0.2, 0.25) is 0 Å². The molecular formula is C15H21BrClNO. The second kappa shape index (κ2) is 6.96. The second-order valence-corrected chi connectivity index (χ2v) is 6.30. The van der Waals surface area contributed by atoms with Crippen molar-refractivity contribution >= 4 is 33.2 Å². The maximum atomic E-state index is 5.91. The lowest BCUT2D eigenvalue weighted by Crippen LogP contribution is -2.37. The maximum absolute atomic E-state index is 5.91. The lowest BCUT2D eigenvalue weighted by molar-refractivity contribution is 0.202. The summed E-state index contributed by atoms with van der Waals surface area (Å²) in [6.45, 7) is 4.00. The van der Waals surface area contributed by atoms with Gasteiger partial charge in [-0.15, -0.1) is 11.6 Å². The van der Waals surface area contributed by atoms with Gasteiger partial charge in [-0.1, -0.05) is 22.0 Å². The van der Waals surface area contributed by atoms with Crippen LogP contribution < -0.4 is 4.90 Å². The SMILES string of the molecule is COCCN(c1ccc(CCl)c(Br)c1)C(C)C1CC1. The molecule has 0 radical (unpaired) electrons. The molecular weight excluding hydrogens is 326 g/mol. The fourth-order valence-corrected chi connectivity index (χ4v) is 3.32. The van der Waals surface area contributed by atoms with E-state index in [1.807, 2.05) is 0 Å². The van der Waals surface area contributed by atoms with E-state index >= 15 is 0 Å². The molecule has 2 nitrogen and oxygen atoms in total. The summed E-state index contributed by atoms with van der Waals surface area (Å²) in [4.78, 5) is 2.45. The molecule has 0 N–H and O–H groups in total. The molecule has 1 aliphatic carbocycles.